The number of amides is 2. The van der Waals surface area contributed by atoms with Crippen LogP contribution in [0.1, 0.15) is 46.4 Å². The minimum Gasteiger partial charge on any atom is -0.478 e. The van der Waals surface area contributed by atoms with E-state index >= 15 is 0 Å². The van der Waals surface area contributed by atoms with E-state index in [1.54, 1.807) is 12.1 Å². The van der Waals surface area contributed by atoms with Crippen LogP contribution in [0.5, 0.6) is 0 Å². The molecule has 29 heavy (non-hydrogen) atoms. The second kappa shape index (κ2) is 7.99. The molecule has 150 valence electrons. The highest BCUT2D eigenvalue weighted by Crippen LogP contribution is 2.36. The van der Waals surface area contributed by atoms with E-state index in [1.165, 1.54) is 10.9 Å². The first-order valence-electron chi connectivity index (χ1n) is 10.0. The van der Waals surface area contributed by atoms with Gasteiger partial charge in [-0.25, -0.2) is 9.59 Å². The molecule has 1 aliphatic rings. The van der Waals surface area contributed by atoms with Gasteiger partial charge < -0.3 is 20.3 Å². The lowest BCUT2D eigenvalue weighted by molar-refractivity contribution is 0.0696. The summed E-state index contributed by atoms with van der Waals surface area (Å²) in [5, 5.41) is 13.4. The van der Waals surface area contributed by atoms with E-state index in [-0.39, 0.29) is 12.1 Å². The maximum Gasteiger partial charge on any atom is 0.335 e. The lowest BCUT2D eigenvalue weighted by atomic mass is 10.0. The Balaban J connectivity index is 1.59. The van der Waals surface area contributed by atoms with Gasteiger partial charge in [0.15, 0.2) is 0 Å². The number of nitrogens with one attached hydrogen (secondary N) is 2. The number of carboxylic acids is 1. The average Bonchev–Trinajstić information content (AvgIpc) is 3.32. The molecule has 0 spiro atoms. The highest BCUT2D eigenvalue weighted by Gasteiger charge is 2.31. The van der Waals surface area contributed by atoms with Crippen LogP contribution in [0.3, 0.4) is 0 Å². The van der Waals surface area contributed by atoms with Crippen molar-refractivity contribution in [2.24, 2.45) is 0 Å². The molecule has 6 nitrogen and oxygen atoms in total. The molecule has 0 saturated carbocycles. The third kappa shape index (κ3) is 3.70. The van der Waals surface area contributed by atoms with Crippen molar-refractivity contribution in [1.82, 2.24) is 15.2 Å². The molecular formula is C23H25N3O3. The largest absolute Gasteiger partial charge is 0.478 e. The zero-order chi connectivity index (χ0) is 20.4. The predicted molar refractivity (Wildman–Crippen MR) is 112 cm³/mol. The number of aromatic nitrogens is 1. The quantitative estimate of drug-likeness (QED) is 0.591. The summed E-state index contributed by atoms with van der Waals surface area (Å²) in [6.07, 6.45) is 4.36. The number of benzene rings is 2. The predicted octanol–water partition coefficient (Wildman–Crippen LogP) is 4.13. The molecule has 1 aliphatic carbocycles. The summed E-state index contributed by atoms with van der Waals surface area (Å²) in [6.45, 7) is 3.08. The van der Waals surface area contributed by atoms with E-state index in [9.17, 15) is 14.7 Å². The van der Waals surface area contributed by atoms with Gasteiger partial charge in [-0.15, -0.1) is 0 Å². The Bertz CT molecular complexity index is 1060. The van der Waals surface area contributed by atoms with Gasteiger partial charge in [-0.1, -0.05) is 24.3 Å². The van der Waals surface area contributed by atoms with Crippen molar-refractivity contribution in [2.45, 2.75) is 32.2 Å². The van der Waals surface area contributed by atoms with Crippen molar-refractivity contribution in [3.05, 3.63) is 70.9 Å². The standard InChI is InChI=1S/C23H25N3O3/c1-2-24-23(29)26(12-11-17-14-25-20-6-4-3-5-18(17)20)21-10-8-15-13-16(22(27)28)7-9-19(15)21/h3-7,9,13-14,21,25H,2,8,10-12H2,1H3,(H,24,29)(H,27,28). The van der Waals surface area contributed by atoms with Gasteiger partial charge in [0.1, 0.15) is 0 Å². The second-order valence-electron chi connectivity index (χ2n) is 7.41. The number of aromatic carboxylic acids is 1. The van der Waals surface area contributed by atoms with Crippen LogP contribution < -0.4 is 5.32 Å². The van der Waals surface area contributed by atoms with E-state index in [2.05, 4.69) is 16.4 Å². The Morgan fingerprint density at radius 3 is 2.86 bits per heavy atom. The van der Waals surface area contributed by atoms with E-state index < -0.39 is 5.97 Å². The molecular weight excluding hydrogens is 366 g/mol. The smallest absolute Gasteiger partial charge is 0.335 e. The molecule has 4 rings (SSSR count). The first kappa shape index (κ1) is 19.1. The van der Waals surface area contributed by atoms with Gasteiger partial charge in [0.25, 0.3) is 0 Å². The molecule has 1 aromatic heterocycles. The van der Waals surface area contributed by atoms with Crippen LogP contribution in [0.15, 0.2) is 48.7 Å². The van der Waals surface area contributed by atoms with Crippen molar-refractivity contribution in [2.75, 3.05) is 13.1 Å². The van der Waals surface area contributed by atoms with Crippen LogP contribution in [0.25, 0.3) is 10.9 Å². The number of hydrogen-bond acceptors (Lipinski definition) is 2. The third-order valence-corrected chi connectivity index (χ3v) is 5.70. The molecule has 0 fully saturated rings. The molecule has 6 heteroatoms. The molecule has 3 N–H and O–H groups in total. The van der Waals surface area contributed by atoms with Crippen molar-refractivity contribution in [1.29, 1.82) is 0 Å². The Morgan fingerprint density at radius 2 is 2.07 bits per heavy atom. The number of H-pyrrole nitrogens is 1. The van der Waals surface area contributed by atoms with Crippen LogP contribution in [0.4, 0.5) is 4.79 Å². The molecule has 3 aromatic rings. The van der Waals surface area contributed by atoms with Crippen molar-refractivity contribution in [3.63, 3.8) is 0 Å². The molecule has 1 heterocycles. The van der Waals surface area contributed by atoms with Crippen molar-refractivity contribution >= 4 is 22.9 Å². The number of para-hydroxylation sites is 1. The maximum atomic E-state index is 12.9. The first-order valence-corrected chi connectivity index (χ1v) is 10.0. The molecule has 2 aromatic carbocycles. The number of urea groups is 1. The molecule has 0 saturated heterocycles. The van der Waals surface area contributed by atoms with Gasteiger partial charge in [0.05, 0.1) is 11.6 Å². The number of carbonyl (C=O) groups excluding carboxylic acids is 1. The molecule has 0 bridgehead atoms. The fourth-order valence-electron chi connectivity index (χ4n) is 4.28. The van der Waals surface area contributed by atoms with Crippen LogP contribution in [0, 0.1) is 0 Å². The van der Waals surface area contributed by atoms with Crippen molar-refractivity contribution < 1.29 is 14.7 Å². The Labute approximate surface area is 169 Å². The van der Waals surface area contributed by atoms with E-state index in [0.717, 1.165) is 35.9 Å². The van der Waals surface area contributed by atoms with Crippen LogP contribution >= 0.6 is 0 Å². The number of aryl methyl sites for hydroxylation is 1. The van der Waals surface area contributed by atoms with E-state index in [1.807, 2.05) is 42.3 Å². The van der Waals surface area contributed by atoms with Gasteiger partial charge in [-0.3, -0.25) is 0 Å². The average molecular weight is 391 g/mol. The lowest BCUT2D eigenvalue weighted by Crippen LogP contribution is -2.42. The third-order valence-electron chi connectivity index (χ3n) is 5.70. The maximum absolute atomic E-state index is 12.9. The number of nitrogens with zero attached hydrogens (tertiary/aromatic N) is 1. The number of hydrogen-bond donors (Lipinski definition) is 3. The number of fused-ring (bicyclic) bond motifs is 2. The Morgan fingerprint density at radius 1 is 1.24 bits per heavy atom. The van der Waals surface area contributed by atoms with E-state index in [4.69, 9.17) is 0 Å². The highest BCUT2D eigenvalue weighted by atomic mass is 16.4. The molecule has 2 amide bonds. The minimum absolute atomic E-state index is 0.0374. The zero-order valence-corrected chi connectivity index (χ0v) is 16.4. The Hall–Kier alpha value is -3.28. The monoisotopic (exact) mass is 391 g/mol. The number of rotatable bonds is 6. The number of carbonyl (C=O) groups is 2. The van der Waals surface area contributed by atoms with Crippen LogP contribution in [-0.4, -0.2) is 40.1 Å². The minimum atomic E-state index is -0.920. The molecule has 0 aliphatic heterocycles. The van der Waals surface area contributed by atoms with Gasteiger partial charge in [-0.05, 0) is 61.1 Å². The van der Waals surface area contributed by atoms with Gasteiger partial charge >= 0.3 is 12.0 Å². The van der Waals surface area contributed by atoms with Gasteiger partial charge in [0, 0.05) is 30.2 Å². The summed E-state index contributed by atoms with van der Waals surface area (Å²) in [4.78, 5) is 29.3. The number of aromatic amines is 1. The van der Waals surface area contributed by atoms with Crippen LogP contribution in [0.2, 0.25) is 0 Å². The number of carboxylic acid groups (broad SMARTS) is 1. The molecule has 0 radical (unpaired) electrons. The van der Waals surface area contributed by atoms with Gasteiger partial charge in [-0.2, -0.15) is 0 Å². The fraction of sp³-hybridized carbons (Fsp3) is 0.304. The molecule has 1 unspecified atom stereocenters. The summed E-state index contributed by atoms with van der Waals surface area (Å²) in [6, 6.07) is 13.3. The van der Waals surface area contributed by atoms with Crippen LogP contribution in [-0.2, 0) is 12.8 Å². The van der Waals surface area contributed by atoms with Gasteiger partial charge in [0.2, 0.25) is 0 Å². The Kier molecular flexibility index (Phi) is 5.25. The summed E-state index contributed by atoms with van der Waals surface area (Å²) in [7, 11) is 0. The highest BCUT2D eigenvalue weighted by molar-refractivity contribution is 5.88. The summed E-state index contributed by atoms with van der Waals surface area (Å²) >= 11 is 0. The first-order chi connectivity index (χ1) is 14.1. The fourth-order valence-corrected chi connectivity index (χ4v) is 4.28. The normalized spacial score (nSPS) is 15.3. The van der Waals surface area contributed by atoms with E-state index in [0.29, 0.717) is 18.7 Å². The lowest BCUT2D eigenvalue weighted by Gasteiger charge is -2.30. The second-order valence-corrected chi connectivity index (χ2v) is 7.41. The topological polar surface area (TPSA) is 85.4 Å². The summed E-state index contributed by atoms with van der Waals surface area (Å²) < 4.78 is 0. The summed E-state index contributed by atoms with van der Waals surface area (Å²) in [5.41, 5.74) is 4.66. The SMILES string of the molecule is CCNC(=O)N(CCc1c[nH]c2ccccc12)C1CCc2cc(C(=O)O)ccc21. The summed E-state index contributed by atoms with van der Waals surface area (Å²) in [5.74, 6) is -0.920. The van der Waals surface area contributed by atoms with Crippen molar-refractivity contribution in [3.8, 4) is 0 Å². The molecule has 1 atom stereocenters. The zero-order valence-electron chi connectivity index (χ0n) is 16.4.